The largest absolute Gasteiger partial charge is 0.334 e. The summed E-state index contributed by atoms with van der Waals surface area (Å²) in [7, 11) is 0. The van der Waals surface area contributed by atoms with Crippen LogP contribution in [0, 0.1) is 0 Å². The van der Waals surface area contributed by atoms with Gasteiger partial charge in [0.05, 0.1) is 5.88 Å². The first-order valence-electron chi connectivity index (χ1n) is 5.94. The molecule has 86 valence electrons. The lowest BCUT2D eigenvalue weighted by atomic mass is 10.1. The fourth-order valence-electron chi connectivity index (χ4n) is 1.74. The quantitative estimate of drug-likeness (QED) is 0.486. The van der Waals surface area contributed by atoms with Gasteiger partial charge in [-0.2, -0.15) is 0 Å². The monoisotopic (exact) mass is 228 g/mol. The van der Waals surface area contributed by atoms with E-state index in [1.807, 2.05) is 12.4 Å². The third kappa shape index (κ3) is 4.70. The van der Waals surface area contributed by atoms with Gasteiger partial charge >= 0.3 is 0 Å². The molecule has 0 atom stereocenters. The van der Waals surface area contributed by atoms with Gasteiger partial charge in [0.25, 0.3) is 0 Å². The molecule has 3 heteroatoms. The number of hydrogen-bond acceptors (Lipinski definition) is 1. The number of unbranched alkanes of at least 4 members (excludes halogenated alkanes) is 5. The average molecular weight is 229 g/mol. The summed E-state index contributed by atoms with van der Waals surface area (Å²) < 4.78 is 2.16. The van der Waals surface area contributed by atoms with Crippen molar-refractivity contribution in [2.45, 2.75) is 57.9 Å². The minimum atomic E-state index is 0.517. The number of imidazole rings is 1. The Morgan fingerprint density at radius 1 is 1.20 bits per heavy atom. The van der Waals surface area contributed by atoms with Crippen LogP contribution in [-0.4, -0.2) is 9.55 Å². The van der Waals surface area contributed by atoms with Crippen molar-refractivity contribution in [3.05, 3.63) is 18.2 Å². The summed E-state index contributed by atoms with van der Waals surface area (Å²) in [5.74, 6) is 1.51. The first-order valence-corrected chi connectivity index (χ1v) is 6.48. The topological polar surface area (TPSA) is 17.8 Å². The van der Waals surface area contributed by atoms with Crippen LogP contribution in [0.4, 0.5) is 0 Å². The third-order valence-corrected chi connectivity index (χ3v) is 2.91. The van der Waals surface area contributed by atoms with Crippen molar-refractivity contribution in [3.8, 4) is 0 Å². The fraction of sp³-hybridized carbons (Fsp3) is 0.750. The van der Waals surface area contributed by atoms with Crippen molar-refractivity contribution in [1.82, 2.24) is 9.55 Å². The molecular weight excluding hydrogens is 208 g/mol. The Hall–Kier alpha value is -0.500. The number of aryl methyl sites for hydroxylation is 1. The first kappa shape index (κ1) is 12.6. The maximum Gasteiger partial charge on any atom is 0.123 e. The van der Waals surface area contributed by atoms with E-state index in [1.165, 1.54) is 38.5 Å². The second-order valence-corrected chi connectivity index (χ2v) is 4.21. The van der Waals surface area contributed by atoms with Crippen molar-refractivity contribution < 1.29 is 0 Å². The van der Waals surface area contributed by atoms with Crippen LogP contribution < -0.4 is 0 Å². The number of halogens is 1. The minimum Gasteiger partial charge on any atom is -0.334 e. The molecule has 0 saturated carbocycles. The molecular formula is C12H21ClN2. The standard InChI is InChI=1S/C12H21ClN2/c1-2-3-4-5-6-7-9-15-10-8-14-12(15)11-13/h8,10H,2-7,9,11H2,1H3. The first-order chi connectivity index (χ1) is 7.38. The number of rotatable bonds is 8. The van der Waals surface area contributed by atoms with Crippen LogP contribution in [0.1, 0.15) is 51.3 Å². The van der Waals surface area contributed by atoms with E-state index in [2.05, 4.69) is 16.5 Å². The predicted octanol–water partition coefficient (Wildman–Crippen LogP) is 3.98. The molecule has 0 saturated heterocycles. The predicted molar refractivity (Wildman–Crippen MR) is 65.2 cm³/mol. The van der Waals surface area contributed by atoms with Gasteiger partial charge in [0, 0.05) is 18.9 Å². The zero-order valence-corrected chi connectivity index (χ0v) is 10.3. The van der Waals surface area contributed by atoms with Crippen LogP contribution >= 0.6 is 11.6 Å². The summed E-state index contributed by atoms with van der Waals surface area (Å²) in [5.41, 5.74) is 0. The van der Waals surface area contributed by atoms with E-state index in [0.717, 1.165) is 12.4 Å². The Morgan fingerprint density at radius 2 is 1.93 bits per heavy atom. The number of hydrogen-bond donors (Lipinski definition) is 0. The van der Waals surface area contributed by atoms with Crippen LogP contribution in [0.2, 0.25) is 0 Å². The molecule has 1 rings (SSSR count). The molecule has 0 aliphatic carbocycles. The van der Waals surface area contributed by atoms with Gasteiger partial charge in [-0.05, 0) is 6.42 Å². The molecule has 0 unspecified atom stereocenters. The average Bonchev–Trinajstić information content (AvgIpc) is 2.70. The third-order valence-electron chi connectivity index (χ3n) is 2.67. The summed E-state index contributed by atoms with van der Waals surface area (Å²) >= 11 is 5.77. The van der Waals surface area contributed by atoms with Crippen molar-refractivity contribution in [1.29, 1.82) is 0 Å². The SMILES string of the molecule is CCCCCCCCn1ccnc1CCl. The Balaban J connectivity index is 2.09. The van der Waals surface area contributed by atoms with E-state index in [1.54, 1.807) is 0 Å². The molecule has 0 aromatic carbocycles. The Bertz CT molecular complexity index is 258. The van der Waals surface area contributed by atoms with E-state index in [9.17, 15) is 0 Å². The molecule has 15 heavy (non-hydrogen) atoms. The normalized spacial score (nSPS) is 10.8. The summed E-state index contributed by atoms with van der Waals surface area (Å²) in [6.07, 6.45) is 11.8. The van der Waals surface area contributed by atoms with Crippen molar-refractivity contribution >= 4 is 11.6 Å². The molecule has 2 nitrogen and oxygen atoms in total. The highest BCUT2D eigenvalue weighted by Gasteiger charge is 1.99. The lowest BCUT2D eigenvalue weighted by Crippen LogP contribution is -2.01. The maximum atomic E-state index is 5.77. The summed E-state index contributed by atoms with van der Waals surface area (Å²) in [4.78, 5) is 4.19. The molecule has 0 spiro atoms. The fourth-order valence-corrected chi connectivity index (χ4v) is 1.96. The zero-order chi connectivity index (χ0) is 10.9. The Morgan fingerprint density at radius 3 is 2.67 bits per heavy atom. The van der Waals surface area contributed by atoms with E-state index in [0.29, 0.717) is 5.88 Å². The van der Waals surface area contributed by atoms with Gasteiger partial charge in [-0.25, -0.2) is 4.98 Å². The lowest BCUT2D eigenvalue weighted by molar-refractivity contribution is 0.550. The van der Waals surface area contributed by atoms with Crippen LogP contribution in [0.5, 0.6) is 0 Å². The molecule has 1 heterocycles. The molecule has 1 aromatic rings. The van der Waals surface area contributed by atoms with Gasteiger partial charge < -0.3 is 4.57 Å². The van der Waals surface area contributed by atoms with E-state index >= 15 is 0 Å². The van der Waals surface area contributed by atoms with Gasteiger partial charge in [-0.1, -0.05) is 39.0 Å². The second-order valence-electron chi connectivity index (χ2n) is 3.94. The lowest BCUT2D eigenvalue weighted by Gasteiger charge is -2.05. The van der Waals surface area contributed by atoms with Crippen LogP contribution in [0.3, 0.4) is 0 Å². The highest BCUT2D eigenvalue weighted by atomic mass is 35.5. The highest BCUT2D eigenvalue weighted by Crippen LogP contribution is 2.08. The van der Waals surface area contributed by atoms with Crippen molar-refractivity contribution in [3.63, 3.8) is 0 Å². The molecule has 0 radical (unpaired) electrons. The van der Waals surface area contributed by atoms with Gasteiger partial charge in [0.1, 0.15) is 5.82 Å². The minimum absolute atomic E-state index is 0.517. The van der Waals surface area contributed by atoms with Gasteiger partial charge in [-0.3, -0.25) is 0 Å². The molecule has 0 amide bonds. The molecule has 0 N–H and O–H groups in total. The Kier molecular flexibility index (Phi) is 6.49. The zero-order valence-electron chi connectivity index (χ0n) is 9.58. The maximum absolute atomic E-state index is 5.77. The number of nitrogens with zero attached hydrogens (tertiary/aromatic N) is 2. The van der Waals surface area contributed by atoms with Crippen molar-refractivity contribution in [2.24, 2.45) is 0 Å². The number of aromatic nitrogens is 2. The van der Waals surface area contributed by atoms with Gasteiger partial charge in [0.15, 0.2) is 0 Å². The van der Waals surface area contributed by atoms with Crippen LogP contribution in [0.15, 0.2) is 12.4 Å². The van der Waals surface area contributed by atoms with Gasteiger partial charge in [-0.15, -0.1) is 11.6 Å². The molecule has 0 aliphatic rings. The summed E-state index contributed by atoms with van der Waals surface area (Å²) in [6.45, 7) is 3.31. The molecule has 0 aliphatic heterocycles. The summed E-state index contributed by atoms with van der Waals surface area (Å²) in [6, 6.07) is 0. The molecule has 1 aromatic heterocycles. The molecule has 0 fully saturated rings. The summed E-state index contributed by atoms with van der Waals surface area (Å²) in [5, 5.41) is 0. The van der Waals surface area contributed by atoms with E-state index < -0.39 is 0 Å². The van der Waals surface area contributed by atoms with Crippen LogP contribution in [0.25, 0.3) is 0 Å². The van der Waals surface area contributed by atoms with Crippen LogP contribution in [-0.2, 0) is 12.4 Å². The number of alkyl halides is 1. The molecule has 0 bridgehead atoms. The smallest absolute Gasteiger partial charge is 0.123 e. The van der Waals surface area contributed by atoms with Gasteiger partial charge in [0.2, 0.25) is 0 Å². The van der Waals surface area contributed by atoms with Crippen molar-refractivity contribution in [2.75, 3.05) is 0 Å². The highest BCUT2D eigenvalue weighted by molar-refractivity contribution is 6.16. The van der Waals surface area contributed by atoms with E-state index in [4.69, 9.17) is 11.6 Å². The van der Waals surface area contributed by atoms with E-state index in [-0.39, 0.29) is 0 Å². The Labute approximate surface area is 97.7 Å². The second kappa shape index (κ2) is 7.75.